The molecule has 120 valence electrons. The van der Waals surface area contributed by atoms with Crippen LogP contribution in [0.3, 0.4) is 0 Å². The lowest BCUT2D eigenvalue weighted by molar-refractivity contribution is 0.248. The SMILES string of the molecule is CCN(CC)CCNC(=O)Nc1ccc2ccn(CC)c2c1. The molecule has 0 spiro atoms. The maximum Gasteiger partial charge on any atom is 0.319 e. The highest BCUT2D eigenvalue weighted by atomic mass is 16.2. The van der Waals surface area contributed by atoms with Crippen molar-refractivity contribution in [2.75, 3.05) is 31.5 Å². The molecule has 5 heteroatoms. The van der Waals surface area contributed by atoms with E-state index in [1.807, 2.05) is 18.2 Å². The number of carbonyl (C=O) groups excluding carboxylic acids is 1. The number of hydrogen-bond acceptors (Lipinski definition) is 2. The molecule has 0 aliphatic heterocycles. The van der Waals surface area contributed by atoms with Crippen LogP contribution in [0.2, 0.25) is 0 Å². The lowest BCUT2D eigenvalue weighted by atomic mass is 10.2. The number of hydrogen-bond donors (Lipinski definition) is 2. The van der Waals surface area contributed by atoms with Crippen LogP contribution in [0, 0.1) is 0 Å². The fourth-order valence-corrected chi connectivity index (χ4v) is 2.58. The van der Waals surface area contributed by atoms with Crippen molar-refractivity contribution in [2.24, 2.45) is 0 Å². The third-order valence-corrected chi connectivity index (χ3v) is 3.98. The Bertz CT molecular complexity index is 616. The standard InChI is InChI=1S/C17H26N4O/c1-4-20(5-2)12-10-18-17(22)19-15-8-7-14-9-11-21(6-3)16(14)13-15/h7-9,11,13H,4-6,10,12H2,1-3H3,(H2,18,19,22). The quantitative estimate of drug-likeness (QED) is 0.825. The van der Waals surface area contributed by atoms with Crippen LogP contribution in [0.25, 0.3) is 10.9 Å². The van der Waals surface area contributed by atoms with Crippen LogP contribution in [-0.4, -0.2) is 41.7 Å². The monoisotopic (exact) mass is 302 g/mol. The summed E-state index contributed by atoms with van der Waals surface area (Å²) in [5.74, 6) is 0. The second-order valence-corrected chi connectivity index (χ2v) is 5.28. The third-order valence-electron chi connectivity index (χ3n) is 3.98. The van der Waals surface area contributed by atoms with Crippen LogP contribution in [-0.2, 0) is 6.54 Å². The van der Waals surface area contributed by atoms with Gasteiger partial charge in [0.25, 0.3) is 0 Å². The molecule has 0 bridgehead atoms. The second kappa shape index (κ2) is 7.84. The average Bonchev–Trinajstić information content (AvgIpc) is 2.94. The zero-order chi connectivity index (χ0) is 15.9. The van der Waals surface area contributed by atoms with Crippen LogP contribution in [0.4, 0.5) is 10.5 Å². The highest BCUT2D eigenvalue weighted by Crippen LogP contribution is 2.20. The maximum atomic E-state index is 12.0. The largest absolute Gasteiger partial charge is 0.348 e. The molecule has 0 fully saturated rings. The van der Waals surface area contributed by atoms with E-state index in [1.54, 1.807) is 0 Å². The van der Waals surface area contributed by atoms with Crippen molar-refractivity contribution in [2.45, 2.75) is 27.3 Å². The van der Waals surface area contributed by atoms with Gasteiger partial charge in [-0.3, -0.25) is 0 Å². The number of nitrogens with zero attached hydrogens (tertiary/aromatic N) is 2. The number of rotatable bonds is 7. The van der Waals surface area contributed by atoms with E-state index in [0.717, 1.165) is 37.4 Å². The topological polar surface area (TPSA) is 49.3 Å². The van der Waals surface area contributed by atoms with Gasteiger partial charge in [0, 0.05) is 31.5 Å². The number of benzene rings is 1. The number of amides is 2. The minimum Gasteiger partial charge on any atom is -0.348 e. The lowest BCUT2D eigenvalue weighted by Crippen LogP contribution is -2.36. The summed E-state index contributed by atoms with van der Waals surface area (Å²) in [4.78, 5) is 14.2. The first-order valence-electron chi connectivity index (χ1n) is 8.04. The van der Waals surface area contributed by atoms with Crippen molar-refractivity contribution >= 4 is 22.6 Å². The molecular formula is C17H26N4O. The van der Waals surface area contributed by atoms with Gasteiger partial charge in [-0.15, -0.1) is 0 Å². The Hall–Kier alpha value is -2.01. The van der Waals surface area contributed by atoms with Gasteiger partial charge in [0.05, 0.1) is 5.52 Å². The molecular weight excluding hydrogens is 276 g/mol. The van der Waals surface area contributed by atoms with Crippen molar-refractivity contribution in [1.82, 2.24) is 14.8 Å². The van der Waals surface area contributed by atoms with E-state index in [-0.39, 0.29) is 6.03 Å². The van der Waals surface area contributed by atoms with Gasteiger partial charge in [-0.2, -0.15) is 0 Å². The van der Waals surface area contributed by atoms with Crippen molar-refractivity contribution < 1.29 is 4.79 Å². The predicted molar refractivity (Wildman–Crippen MR) is 92.4 cm³/mol. The number of aromatic nitrogens is 1. The second-order valence-electron chi connectivity index (χ2n) is 5.28. The van der Waals surface area contributed by atoms with Gasteiger partial charge < -0.3 is 20.1 Å². The van der Waals surface area contributed by atoms with E-state index in [2.05, 4.69) is 53.1 Å². The Balaban J connectivity index is 1.91. The molecule has 0 atom stereocenters. The summed E-state index contributed by atoms with van der Waals surface area (Å²) in [5, 5.41) is 6.99. The van der Waals surface area contributed by atoms with Crippen LogP contribution >= 0.6 is 0 Å². The van der Waals surface area contributed by atoms with Crippen molar-refractivity contribution in [3.63, 3.8) is 0 Å². The van der Waals surface area contributed by atoms with Crippen LogP contribution in [0.5, 0.6) is 0 Å². The van der Waals surface area contributed by atoms with Gasteiger partial charge >= 0.3 is 6.03 Å². The van der Waals surface area contributed by atoms with E-state index < -0.39 is 0 Å². The first kappa shape index (κ1) is 16.4. The summed E-state index contributed by atoms with van der Waals surface area (Å²) < 4.78 is 2.17. The van der Waals surface area contributed by atoms with Gasteiger partial charge in [-0.1, -0.05) is 19.9 Å². The predicted octanol–water partition coefficient (Wildman–Crippen LogP) is 3.12. The van der Waals surface area contributed by atoms with E-state index in [1.165, 1.54) is 5.39 Å². The molecule has 2 aromatic rings. The first-order chi connectivity index (χ1) is 10.7. The number of fused-ring (bicyclic) bond motifs is 1. The van der Waals surface area contributed by atoms with Crippen LogP contribution in [0.15, 0.2) is 30.5 Å². The molecule has 0 saturated carbocycles. The summed E-state index contributed by atoms with van der Waals surface area (Å²) in [6, 6.07) is 7.93. The fraction of sp³-hybridized carbons (Fsp3) is 0.471. The molecule has 0 radical (unpaired) electrons. The molecule has 0 aliphatic carbocycles. The van der Waals surface area contributed by atoms with Gasteiger partial charge in [-0.05, 0) is 43.6 Å². The highest BCUT2D eigenvalue weighted by Gasteiger charge is 2.05. The lowest BCUT2D eigenvalue weighted by Gasteiger charge is -2.18. The minimum atomic E-state index is -0.152. The van der Waals surface area contributed by atoms with Gasteiger partial charge in [0.2, 0.25) is 0 Å². The molecule has 0 saturated heterocycles. The zero-order valence-electron chi connectivity index (χ0n) is 13.7. The molecule has 2 amide bonds. The molecule has 0 aliphatic rings. The van der Waals surface area contributed by atoms with Gasteiger partial charge in [0.15, 0.2) is 0 Å². The van der Waals surface area contributed by atoms with Crippen molar-refractivity contribution in [3.8, 4) is 0 Å². The Morgan fingerprint density at radius 1 is 1.18 bits per heavy atom. The van der Waals surface area contributed by atoms with Crippen LogP contribution in [0.1, 0.15) is 20.8 Å². The van der Waals surface area contributed by atoms with E-state index in [9.17, 15) is 4.79 Å². The van der Waals surface area contributed by atoms with E-state index in [4.69, 9.17) is 0 Å². The normalized spacial score (nSPS) is 11.1. The Morgan fingerprint density at radius 2 is 1.95 bits per heavy atom. The summed E-state index contributed by atoms with van der Waals surface area (Å²) in [5.41, 5.74) is 1.96. The van der Waals surface area contributed by atoms with Gasteiger partial charge in [-0.25, -0.2) is 4.79 Å². The van der Waals surface area contributed by atoms with E-state index in [0.29, 0.717) is 6.54 Å². The average molecular weight is 302 g/mol. The Morgan fingerprint density at radius 3 is 2.64 bits per heavy atom. The fourth-order valence-electron chi connectivity index (χ4n) is 2.58. The number of likely N-dealkylation sites (N-methyl/N-ethyl adjacent to an activating group) is 1. The number of anilines is 1. The summed E-state index contributed by atoms with van der Waals surface area (Å²) >= 11 is 0. The summed E-state index contributed by atoms with van der Waals surface area (Å²) in [7, 11) is 0. The smallest absolute Gasteiger partial charge is 0.319 e. The summed E-state index contributed by atoms with van der Waals surface area (Å²) in [6.07, 6.45) is 2.07. The van der Waals surface area contributed by atoms with E-state index >= 15 is 0 Å². The van der Waals surface area contributed by atoms with Gasteiger partial charge in [0.1, 0.15) is 0 Å². The summed E-state index contributed by atoms with van der Waals surface area (Å²) in [6.45, 7) is 10.8. The molecule has 1 heterocycles. The molecule has 2 N–H and O–H groups in total. The van der Waals surface area contributed by atoms with Crippen molar-refractivity contribution in [3.05, 3.63) is 30.5 Å². The highest BCUT2D eigenvalue weighted by molar-refractivity contribution is 5.92. The zero-order valence-corrected chi connectivity index (χ0v) is 13.7. The first-order valence-corrected chi connectivity index (χ1v) is 8.04. The number of aryl methyl sites for hydroxylation is 1. The Labute approximate surface area is 132 Å². The maximum absolute atomic E-state index is 12.0. The van der Waals surface area contributed by atoms with Crippen LogP contribution < -0.4 is 10.6 Å². The molecule has 1 aromatic heterocycles. The number of carbonyl (C=O) groups is 1. The Kier molecular flexibility index (Phi) is 5.83. The molecule has 1 aromatic carbocycles. The molecule has 22 heavy (non-hydrogen) atoms. The minimum absolute atomic E-state index is 0.152. The number of urea groups is 1. The number of nitrogens with one attached hydrogen (secondary N) is 2. The molecule has 5 nitrogen and oxygen atoms in total. The third kappa shape index (κ3) is 4.01. The molecule has 2 rings (SSSR count). The molecule has 0 unspecified atom stereocenters. The van der Waals surface area contributed by atoms with Crippen molar-refractivity contribution in [1.29, 1.82) is 0 Å².